The first kappa shape index (κ1) is 18.4. The minimum atomic E-state index is 0.112. The zero-order chi connectivity index (χ0) is 19.8. The molecular weight excluding hydrogens is 354 g/mol. The van der Waals surface area contributed by atoms with Crippen LogP contribution < -0.4 is 9.47 Å². The molecule has 1 aliphatic heterocycles. The Morgan fingerprint density at radius 2 is 1.71 bits per heavy atom. The van der Waals surface area contributed by atoms with E-state index in [1.165, 1.54) is 16.7 Å². The minimum Gasteiger partial charge on any atom is -0.493 e. The molecule has 5 nitrogen and oxygen atoms in total. The first-order chi connectivity index (χ1) is 13.5. The van der Waals surface area contributed by atoms with Crippen LogP contribution >= 0.6 is 0 Å². The molecule has 0 saturated heterocycles. The molecule has 28 heavy (non-hydrogen) atoms. The van der Waals surface area contributed by atoms with Crippen LogP contribution in [-0.4, -0.2) is 31.6 Å². The highest BCUT2D eigenvalue weighted by Gasteiger charge is 2.24. The van der Waals surface area contributed by atoms with Crippen molar-refractivity contribution in [3.8, 4) is 11.5 Å². The number of ether oxygens (including phenoxy) is 2. The molecule has 5 heteroatoms. The van der Waals surface area contributed by atoms with Gasteiger partial charge in [0.1, 0.15) is 5.58 Å². The summed E-state index contributed by atoms with van der Waals surface area (Å²) < 4.78 is 16.5. The van der Waals surface area contributed by atoms with Gasteiger partial charge in [0.15, 0.2) is 11.5 Å². The summed E-state index contributed by atoms with van der Waals surface area (Å²) in [5, 5.41) is 1.03. The summed E-state index contributed by atoms with van der Waals surface area (Å²) in [6, 6.07) is 8.15. The summed E-state index contributed by atoms with van der Waals surface area (Å²) in [4.78, 5) is 14.9. The summed E-state index contributed by atoms with van der Waals surface area (Å²) in [7, 11) is 3.27. The van der Waals surface area contributed by atoms with Gasteiger partial charge in [0.2, 0.25) is 5.91 Å². The summed E-state index contributed by atoms with van der Waals surface area (Å²) in [6.45, 7) is 5.44. The van der Waals surface area contributed by atoms with Gasteiger partial charge in [0.05, 0.1) is 26.9 Å². The maximum atomic E-state index is 13.0. The third-order valence-electron chi connectivity index (χ3n) is 5.68. The Bertz CT molecular complexity index is 1050. The lowest BCUT2D eigenvalue weighted by Gasteiger charge is -2.29. The lowest BCUT2D eigenvalue weighted by atomic mass is 9.98. The maximum Gasteiger partial charge on any atom is 0.227 e. The third-order valence-corrected chi connectivity index (χ3v) is 5.68. The van der Waals surface area contributed by atoms with Crippen LogP contribution in [0.25, 0.3) is 11.0 Å². The number of carbonyl (C=O) groups is 1. The maximum absolute atomic E-state index is 13.0. The molecular formula is C23H25NO4. The molecule has 0 radical (unpaired) electrons. The fraction of sp³-hybridized carbons (Fsp3) is 0.348. The number of furan rings is 1. The van der Waals surface area contributed by atoms with E-state index in [0.717, 1.165) is 34.3 Å². The van der Waals surface area contributed by atoms with Crippen LogP contribution in [-0.2, 0) is 24.2 Å². The van der Waals surface area contributed by atoms with Crippen molar-refractivity contribution in [2.24, 2.45) is 0 Å². The average Bonchev–Trinajstić information content (AvgIpc) is 3.08. The van der Waals surface area contributed by atoms with Crippen LogP contribution in [0.1, 0.15) is 27.8 Å². The molecule has 2 heterocycles. The van der Waals surface area contributed by atoms with Gasteiger partial charge in [-0.3, -0.25) is 4.79 Å². The number of benzene rings is 2. The molecule has 0 bridgehead atoms. The summed E-state index contributed by atoms with van der Waals surface area (Å²) in [6.07, 6.45) is 2.87. The second-order valence-electron chi connectivity index (χ2n) is 7.41. The Morgan fingerprint density at radius 3 is 2.43 bits per heavy atom. The smallest absolute Gasteiger partial charge is 0.227 e. The molecule has 2 aromatic carbocycles. The second kappa shape index (κ2) is 7.23. The molecule has 4 rings (SSSR count). The van der Waals surface area contributed by atoms with E-state index in [0.29, 0.717) is 25.3 Å². The zero-order valence-corrected chi connectivity index (χ0v) is 16.8. The third kappa shape index (κ3) is 3.21. The molecule has 0 unspecified atom stereocenters. The average molecular weight is 379 g/mol. The Kier molecular flexibility index (Phi) is 4.75. The van der Waals surface area contributed by atoms with E-state index in [1.807, 2.05) is 23.1 Å². The van der Waals surface area contributed by atoms with Gasteiger partial charge in [-0.2, -0.15) is 0 Å². The number of amides is 1. The summed E-state index contributed by atoms with van der Waals surface area (Å²) in [5.41, 5.74) is 6.50. The van der Waals surface area contributed by atoms with Crippen molar-refractivity contribution in [2.45, 2.75) is 33.2 Å². The predicted octanol–water partition coefficient (Wildman–Crippen LogP) is 4.19. The Labute approximate surface area is 164 Å². The Hall–Kier alpha value is -2.95. The predicted molar refractivity (Wildman–Crippen MR) is 108 cm³/mol. The van der Waals surface area contributed by atoms with Crippen LogP contribution in [0.3, 0.4) is 0 Å². The van der Waals surface area contributed by atoms with E-state index in [9.17, 15) is 4.79 Å². The van der Waals surface area contributed by atoms with Gasteiger partial charge in [0, 0.05) is 24.0 Å². The molecule has 0 atom stereocenters. The van der Waals surface area contributed by atoms with Gasteiger partial charge in [-0.1, -0.05) is 0 Å². The highest BCUT2D eigenvalue weighted by Crippen LogP contribution is 2.33. The van der Waals surface area contributed by atoms with E-state index in [4.69, 9.17) is 13.9 Å². The van der Waals surface area contributed by atoms with Crippen molar-refractivity contribution in [1.29, 1.82) is 0 Å². The van der Waals surface area contributed by atoms with Gasteiger partial charge in [-0.25, -0.2) is 0 Å². The van der Waals surface area contributed by atoms with E-state index in [1.54, 1.807) is 20.5 Å². The Balaban J connectivity index is 1.55. The van der Waals surface area contributed by atoms with Crippen LogP contribution in [0.2, 0.25) is 0 Å². The second-order valence-corrected chi connectivity index (χ2v) is 7.41. The molecule has 1 amide bonds. The number of aryl methyl sites for hydroxylation is 2. The van der Waals surface area contributed by atoms with Gasteiger partial charge >= 0.3 is 0 Å². The van der Waals surface area contributed by atoms with E-state index < -0.39 is 0 Å². The van der Waals surface area contributed by atoms with Crippen molar-refractivity contribution >= 4 is 16.9 Å². The molecule has 0 aliphatic carbocycles. The highest BCUT2D eigenvalue weighted by molar-refractivity contribution is 5.88. The first-order valence-electron chi connectivity index (χ1n) is 9.49. The van der Waals surface area contributed by atoms with E-state index >= 15 is 0 Å². The van der Waals surface area contributed by atoms with Crippen molar-refractivity contribution in [1.82, 2.24) is 4.90 Å². The lowest BCUT2D eigenvalue weighted by molar-refractivity contribution is -0.131. The van der Waals surface area contributed by atoms with Gasteiger partial charge < -0.3 is 18.8 Å². The monoisotopic (exact) mass is 379 g/mol. The van der Waals surface area contributed by atoms with Crippen molar-refractivity contribution in [3.05, 3.63) is 58.3 Å². The molecule has 3 aromatic rings. The SMILES string of the molecule is COc1cc2c(cc1OC)CN(C(=O)Cc1coc3cc(C)c(C)cc13)CC2. The summed E-state index contributed by atoms with van der Waals surface area (Å²) >= 11 is 0. The molecule has 0 spiro atoms. The van der Waals surface area contributed by atoms with Crippen LogP contribution in [0.5, 0.6) is 11.5 Å². The fourth-order valence-electron chi connectivity index (χ4n) is 3.84. The molecule has 0 saturated carbocycles. The molecule has 0 N–H and O–H groups in total. The van der Waals surface area contributed by atoms with E-state index in [-0.39, 0.29) is 5.91 Å². The number of hydrogen-bond acceptors (Lipinski definition) is 4. The van der Waals surface area contributed by atoms with Gasteiger partial charge in [-0.15, -0.1) is 0 Å². The van der Waals surface area contributed by atoms with Gasteiger partial charge in [0.25, 0.3) is 0 Å². The lowest BCUT2D eigenvalue weighted by Crippen LogP contribution is -2.36. The van der Waals surface area contributed by atoms with Crippen LogP contribution in [0, 0.1) is 13.8 Å². The topological polar surface area (TPSA) is 51.9 Å². The standard InChI is InChI=1S/C23H25NO4/c1-14-7-19-18(13-28-20(19)8-15(14)2)11-23(25)24-6-5-16-9-21(26-3)22(27-4)10-17(16)12-24/h7-10,13H,5-6,11-12H2,1-4H3. The number of hydrogen-bond donors (Lipinski definition) is 0. The fourth-order valence-corrected chi connectivity index (χ4v) is 3.84. The van der Waals surface area contributed by atoms with Crippen molar-refractivity contribution in [3.63, 3.8) is 0 Å². The molecule has 1 aromatic heterocycles. The molecule has 146 valence electrons. The minimum absolute atomic E-state index is 0.112. The molecule has 1 aliphatic rings. The number of methoxy groups -OCH3 is 2. The summed E-state index contributed by atoms with van der Waals surface area (Å²) in [5.74, 6) is 1.54. The van der Waals surface area contributed by atoms with Crippen LogP contribution in [0.4, 0.5) is 0 Å². The van der Waals surface area contributed by atoms with E-state index in [2.05, 4.69) is 19.9 Å². The van der Waals surface area contributed by atoms with Crippen LogP contribution in [0.15, 0.2) is 34.9 Å². The number of fused-ring (bicyclic) bond motifs is 2. The quantitative estimate of drug-likeness (QED) is 0.682. The Morgan fingerprint density at radius 1 is 1.04 bits per heavy atom. The number of nitrogens with zero attached hydrogens (tertiary/aromatic N) is 1. The first-order valence-corrected chi connectivity index (χ1v) is 9.49. The van der Waals surface area contributed by atoms with Gasteiger partial charge in [-0.05, 0) is 66.8 Å². The number of carbonyl (C=O) groups excluding carboxylic acids is 1. The normalized spacial score (nSPS) is 13.5. The zero-order valence-electron chi connectivity index (χ0n) is 16.8. The van der Waals surface area contributed by atoms with Crippen molar-refractivity contribution < 1.29 is 18.7 Å². The largest absolute Gasteiger partial charge is 0.493 e. The molecule has 0 fully saturated rings. The van der Waals surface area contributed by atoms with Crippen molar-refractivity contribution in [2.75, 3.05) is 20.8 Å². The highest BCUT2D eigenvalue weighted by atomic mass is 16.5. The number of rotatable bonds is 4.